The number of hydrogen-bond donors (Lipinski definition) is 5. The lowest BCUT2D eigenvalue weighted by atomic mass is 9.76. The van der Waals surface area contributed by atoms with Gasteiger partial charge in [0.25, 0.3) is 5.91 Å². The van der Waals surface area contributed by atoms with E-state index in [9.17, 15) is 29.7 Å². The number of carbonyl (C=O) groups excluding carboxylic acids is 3. The van der Waals surface area contributed by atoms with Gasteiger partial charge in [-0.3, -0.25) is 14.4 Å². The number of ketones is 1. The zero-order chi connectivity index (χ0) is 26.7. The Kier molecular flexibility index (Phi) is 8.49. The smallest absolute Gasteiger partial charge is 0.259 e. The zero-order valence-electron chi connectivity index (χ0n) is 21.4. The molecule has 3 fully saturated rings. The van der Waals surface area contributed by atoms with Crippen molar-refractivity contribution in [3.8, 4) is 0 Å². The Hall–Kier alpha value is -2.97. The van der Waals surface area contributed by atoms with Gasteiger partial charge in [0.15, 0.2) is 5.78 Å². The Morgan fingerprint density at radius 3 is 2.46 bits per heavy atom. The van der Waals surface area contributed by atoms with Crippen LogP contribution in [0.4, 0.5) is 0 Å². The largest absolute Gasteiger partial charge is 0.507 e. The molecule has 0 aromatic heterocycles. The van der Waals surface area contributed by atoms with Crippen molar-refractivity contribution >= 4 is 17.6 Å². The molecule has 0 spiro atoms. The minimum Gasteiger partial charge on any atom is -0.507 e. The molecule has 5 N–H and O–H groups in total. The van der Waals surface area contributed by atoms with Crippen LogP contribution >= 0.6 is 0 Å². The number of aliphatic hydroxyl groups is 3. The molecule has 2 saturated carbocycles. The monoisotopic (exact) mass is 510 g/mol. The highest BCUT2D eigenvalue weighted by molar-refractivity contribution is 6.27. The van der Waals surface area contributed by atoms with E-state index in [-0.39, 0.29) is 30.7 Å². The maximum Gasteiger partial charge on any atom is 0.259 e. The van der Waals surface area contributed by atoms with Crippen LogP contribution in [0, 0.1) is 35.5 Å². The van der Waals surface area contributed by atoms with Gasteiger partial charge in [0.05, 0.1) is 12.2 Å². The molecule has 8 heteroatoms. The SMILES string of the molecule is CCC1CC2C[C@@H]3/C=C\C=C/C(=O)NCC[C@H](O)C4NC(=O)C(=C(O)/C=C/C=C/[C@H](O)[C@H]3C2[C@H]1C)C4=O. The zero-order valence-corrected chi connectivity index (χ0v) is 21.4. The highest BCUT2D eigenvalue weighted by Gasteiger charge is 2.52. The summed E-state index contributed by atoms with van der Waals surface area (Å²) in [6.07, 6.45) is 14.5. The predicted octanol–water partition coefficient (Wildman–Crippen LogP) is 2.27. The molecule has 4 aliphatic rings. The quantitative estimate of drug-likeness (QED) is 0.344. The number of Topliss-reactive ketones (excluding diaryl/α,β-unsaturated/α-hetero) is 1. The van der Waals surface area contributed by atoms with Gasteiger partial charge in [0.1, 0.15) is 17.4 Å². The van der Waals surface area contributed by atoms with Gasteiger partial charge in [-0.25, -0.2) is 0 Å². The van der Waals surface area contributed by atoms with Crippen molar-refractivity contribution in [2.24, 2.45) is 35.5 Å². The van der Waals surface area contributed by atoms with E-state index in [0.717, 1.165) is 12.8 Å². The summed E-state index contributed by atoms with van der Waals surface area (Å²) in [5.41, 5.74) is -0.412. The predicted molar refractivity (Wildman–Crippen MR) is 139 cm³/mol. The molecular weight excluding hydrogens is 472 g/mol. The molecule has 0 aromatic carbocycles. The molecule has 2 aliphatic heterocycles. The highest BCUT2D eigenvalue weighted by atomic mass is 16.3. The summed E-state index contributed by atoms with van der Waals surface area (Å²) in [6.45, 7) is 4.63. The Labute approximate surface area is 217 Å². The van der Waals surface area contributed by atoms with E-state index >= 15 is 0 Å². The lowest BCUT2D eigenvalue weighted by Gasteiger charge is -2.30. The average molecular weight is 511 g/mol. The highest BCUT2D eigenvalue weighted by Crippen LogP contribution is 2.57. The molecule has 2 heterocycles. The van der Waals surface area contributed by atoms with Gasteiger partial charge >= 0.3 is 0 Å². The summed E-state index contributed by atoms with van der Waals surface area (Å²) in [5.74, 6) is 0.00864. The fraction of sp³-hybridized carbons (Fsp3) is 0.552. The number of hydrogen-bond acceptors (Lipinski definition) is 6. The van der Waals surface area contributed by atoms with E-state index in [1.165, 1.54) is 24.6 Å². The number of carbonyl (C=O) groups is 3. The first kappa shape index (κ1) is 27.1. The second-order valence-electron chi connectivity index (χ2n) is 10.8. The van der Waals surface area contributed by atoms with E-state index < -0.39 is 41.3 Å². The third kappa shape index (κ3) is 5.65. The molecule has 0 aromatic rings. The van der Waals surface area contributed by atoms with Crippen LogP contribution < -0.4 is 10.6 Å². The molecule has 4 rings (SSSR count). The fourth-order valence-corrected chi connectivity index (χ4v) is 6.96. The Morgan fingerprint density at radius 1 is 0.973 bits per heavy atom. The number of fused-ring (bicyclic) bond motifs is 5. The topological polar surface area (TPSA) is 136 Å². The minimum absolute atomic E-state index is 0.0293. The maximum absolute atomic E-state index is 12.7. The van der Waals surface area contributed by atoms with Crippen LogP contribution in [0.1, 0.15) is 39.5 Å². The first-order chi connectivity index (χ1) is 17.7. The van der Waals surface area contributed by atoms with Crippen molar-refractivity contribution in [2.75, 3.05) is 6.54 Å². The third-order valence-electron chi connectivity index (χ3n) is 8.75. The number of aliphatic hydroxyl groups excluding tert-OH is 3. The van der Waals surface area contributed by atoms with Crippen LogP contribution in [0.3, 0.4) is 0 Å². The number of allylic oxidation sites excluding steroid dienone is 6. The lowest BCUT2D eigenvalue weighted by Crippen LogP contribution is -2.42. The van der Waals surface area contributed by atoms with Gasteiger partial charge in [0, 0.05) is 12.6 Å². The molecule has 1 saturated heterocycles. The van der Waals surface area contributed by atoms with Gasteiger partial charge in [-0.05, 0) is 60.8 Å². The van der Waals surface area contributed by atoms with Crippen molar-refractivity contribution in [3.63, 3.8) is 0 Å². The van der Waals surface area contributed by atoms with Crippen molar-refractivity contribution in [1.29, 1.82) is 0 Å². The summed E-state index contributed by atoms with van der Waals surface area (Å²) in [5, 5.41) is 37.1. The van der Waals surface area contributed by atoms with Crippen LogP contribution in [0.5, 0.6) is 0 Å². The van der Waals surface area contributed by atoms with Gasteiger partial charge in [-0.2, -0.15) is 0 Å². The molecular formula is C29H38N2O6. The van der Waals surface area contributed by atoms with Gasteiger partial charge in [-0.15, -0.1) is 0 Å². The van der Waals surface area contributed by atoms with Gasteiger partial charge < -0.3 is 26.0 Å². The van der Waals surface area contributed by atoms with Crippen LogP contribution in [0.25, 0.3) is 0 Å². The van der Waals surface area contributed by atoms with Crippen LogP contribution in [0.15, 0.2) is 59.9 Å². The molecule has 9 atom stereocenters. The number of nitrogens with one attached hydrogen (secondary N) is 2. The Bertz CT molecular complexity index is 1060. The van der Waals surface area contributed by atoms with Crippen molar-refractivity contribution in [1.82, 2.24) is 10.6 Å². The molecule has 8 nitrogen and oxygen atoms in total. The number of amides is 2. The summed E-state index contributed by atoms with van der Waals surface area (Å²) in [7, 11) is 0. The van der Waals surface area contributed by atoms with Gasteiger partial charge in [0.2, 0.25) is 5.91 Å². The van der Waals surface area contributed by atoms with Crippen LogP contribution in [0.2, 0.25) is 0 Å². The summed E-state index contributed by atoms with van der Waals surface area (Å²) < 4.78 is 0. The second kappa shape index (κ2) is 11.6. The first-order valence-electron chi connectivity index (χ1n) is 13.3. The third-order valence-corrected chi connectivity index (χ3v) is 8.75. The van der Waals surface area contributed by atoms with Crippen molar-refractivity contribution < 1.29 is 29.7 Å². The molecule has 4 unspecified atom stereocenters. The standard InChI is InChI=1S/C29H38N2O6/c1-3-17-14-19-15-18-8-4-7-11-23(35)30-13-12-22(34)27-28(36)26(29(37)31-27)21(33)10-6-5-9-20(32)25(18)24(19)16(17)2/h4-11,16-20,22,24-25,27,32-34H,3,12-15H2,1-2H3,(H,30,35)(H,31,37)/b8-4-,9-5+,10-6+,11-7-,26-21?/t16-,17?,18-,19?,20-,22-,24?,25-,27?/m0/s1. The van der Waals surface area contributed by atoms with E-state index in [1.807, 2.05) is 6.08 Å². The summed E-state index contributed by atoms with van der Waals surface area (Å²) >= 11 is 0. The normalized spacial score (nSPS) is 42.4. The van der Waals surface area contributed by atoms with Gasteiger partial charge in [-0.1, -0.05) is 56.7 Å². The Morgan fingerprint density at radius 2 is 1.70 bits per heavy atom. The minimum atomic E-state index is -1.22. The van der Waals surface area contributed by atoms with E-state index in [1.54, 1.807) is 18.2 Å². The molecule has 2 bridgehead atoms. The van der Waals surface area contributed by atoms with E-state index in [4.69, 9.17) is 0 Å². The van der Waals surface area contributed by atoms with Crippen LogP contribution in [-0.4, -0.2) is 57.7 Å². The van der Waals surface area contributed by atoms with E-state index in [0.29, 0.717) is 23.7 Å². The first-order valence-corrected chi connectivity index (χ1v) is 13.3. The molecule has 200 valence electrons. The second-order valence-corrected chi connectivity index (χ2v) is 10.8. The van der Waals surface area contributed by atoms with Crippen molar-refractivity contribution in [3.05, 3.63) is 59.9 Å². The van der Waals surface area contributed by atoms with Crippen molar-refractivity contribution in [2.45, 2.75) is 57.8 Å². The average Bonchev–Trinajstić information content (AvgIpc) is 3.48. The summed E-state index contributed by atoms with van der Waals surface area (Å²) in [6, 6.07) is -1.19. The Balaban J connectivity index is 1.62. The molecule has 0 radical (unpaired) electrons. The molecule has 37 heavy (non-hydrogen) atoms. The lowest BCUT2D eigenvalue weighted by molar-refractivity contribution is -0.118. The number of rotatable bonds is 1. The maximum atomic E-state index is 12.7. The van der Waals surface area contributed by atoms with E-state index in [2.05, 4.69) is 30.6 Å². The fourth-order valence-electron chi connectivity index (χ4n) is 6.96. The summed E-state index contributed by atoms with van der Waals surface area (Å²) in [4.78, 5) is 37.2. The molecule has 2 aliphatic carbocycles. The molecule has 2 amide bonds. The van der Waals surface area contributed by atoms with Crippen LogP contribution in [-0.2, 0) is 14.4 Å².